The fourth-order valence-corrected chi connectivity index (χ4v) is 3.58. The van der Waals surface area contributed by atoms with Crippen molar-refractivity contribution in [3.63, 3.8) is 0 Å². The fourth-order valence-electron chi connectivity index (χ4n) is 2.06. The van der Waals surface area contributed by atoms with Crippen LogP contribution in [0.15, 0.2) is 46.5 Å². The van der Waals surface area contributed by atoms with Crippen LogP contribution in [-0.2, 0) is 4.74 Å². The minimum Gasteiger partial charge on any atom is -0.459 e. The van der Waals surface area contributed by atoms with Crippen LogP contribution < -0.4 is 5.32 Å². The van der Waals surface area contributed by atoms with Crippen LogP contribution in [0.2, 0.25) is 0 Å². The van der Waals surface area contributed by atoms with Crippen LogP contribution >= 0.6 is 22.7 Å². The number of esters is 1. The number of nitrogens with one attached hydrogen (secondary N) is 1. The highest BCUT2D eigenvalue weighted by Crippen LogP contribution is 2.26. The van der Waals surface area contributed by atoms with Crippen LogP contribution in [0.1, 0.15) is 34.7 Å². The maximum absolute atomic E-state index is 12.3. The largest absolute Gasteiger partial charge is 0.459 e. The Hall–Kier alpha value is -2.51. The SMILES string of the molecule is CC(C)OC(=O)c1ccc(NC(=O)c2csc(-c3ccsc3)n2)cc1. The average molecular weight is 372 g/mol. The molecule has 0 atom stereocenters. The Morgan fingerprint density at radius 3 is 2.52 bits per heavy atom. The number of amides is 1. The van der Waals surface area contributed by atoms with Crippen LogP contribution in [0, 0.1) is 0 Å². The van der Waals surface area contributed by atoms with E-state index in [-0.39, 0.29) is 18.0 Å². The first-order valence-electron chi connectivity index (χ1n) is 7.63. The predicted molar refractivity (Wildman–Crippen MR) is 100 cm³/mol. The number of nitrogens with zero attached hydrogens (tertiary/aromatic N) is 1. The second kappa shape index (κ2) is 7.58. The molecule has 1 N–H and O–H groups in total. The Kier molecular flexibility index (Phi) is 5.25. The first-order chi connectivity index (χ1) is 12.0. The summed E-state index contributed by atoms with van der Waals surface area (Å²) < 4.78 is 5.13. The van der Waals surface area contributed by atoms with Gasteiger partial charge in [-0.05, 0) is 49.6 Å². The monoisotopic (exact) mass is 372 g/mol. The third kappa shape index (κ3) is 4.32. The van der Waals surface area contributed by atoms with Crippen molar-refractivity contribution in [3.05, 3.63) is 57.7 Å². The highest BCUT2D eigenvalue weighted by Gasteiger charge is 2.13. The molecule has 0 aliphatic rings. The molecule has 25 heavy (non-hydrogen) atoms. The molecule has 0 bridgehead atoms. The number of anilines is 1. The summed E-state index contributed by atoms with van der Waals surface area (Å²) >= 11 is 3.02. The molecule has 0 saturated heterocycles. The normalized spacial score (nSPS) is 10.7. The lowest BCUT2D eigenvalue weighted by Crippen LogP contribution is -2.13. The van der Waals surface area contributed by atoms with Crippen LogP contribution in [0.4, 0.5) is 5.69 Å². The van der Waals surface area contributed by atoms with Gasteiger partial charge in [-0.3, -0.25) is 4.79 Å². The molecule has 0 fully saturated rings. The van der Waals surface area contributed by atoms with E-state index in [0.29, 0.717) is 16.9 Å². The van der Waals surface area contributed by atoms with E-state index in [9.17, 15) is 9.59 Å². The zero-order chi connectivity index (χ0) is 17.8. The van der Waals surface area contributed by atoms with Crippen molar-refractivity contribution >= 4 is 40.2 Å². The molecule has 0 aliphatic carbocycles. The quantitative estimate of drug-likeness (QED) is 0.660. The molecule has 128 valence electrons. The molecule has 3 aromatic rings. The third-order valence-electron chi connectivity index (χ3n) is 3.23. The molecule has 1 aromatic carbocycles. The second-order valence-corrected chi connectivity index (χ2v) is 7.17. The summed E-state index contributed by atoms with van der Waals surface area (Å²) in [7, 11) is 0. The van der Waals surface area contributed by atoms with Gasteiger partial charge in [-0.2, -0.15) is 11.3 Å². The van der Waals surface area contributed by atoms with Gasteiger partial charge in [0.2, 0.25) is 0 Å². The molecule has 0 saturated carbocycles. The van der Waals surface area contributed by atoms with Gasteiger partial charge >= 0.3 is 5.97 Å². The summed E-state index contributed by atoms with van der Waals surface area (Å²) in [6.45, 7) is 3.59. The first kappa shape index (κ1) is 17.3. The van der Waals surface area contributed by atoms with E-state index >= 15 is 0 Å². The lowest BCUT2D eigenvalue weighted by atomic mass is 10.2. The number of aromatic nitrogens is 1. The summed E-state index contributed by atoms with van der Waals surface area (Å²) in [6, 6.07) is 8.55. The maximum atomic E-state index is 12.3. The van der Waals surface area contributed by atoms with E-state index in [1.165, 1.54) is 11.3 Å². The summed E-state index contributed by atoms with van der Waals surface area (Å²) in [4.78, 5) is 28.5. The molecule has 3 rings (SSSR count). The molecule has 0 aliphatic heterocycles. The number of thiophene rings is 1. The van der Waals surface area contributed by atoms with Crippen LogP contribution in [0.3, 0.4) is 0 Å². The van der Waals surface area contributed by atoms with Gasteiger partial charge in [0.25, 0.3) is 5.91 Å². The van der Waals surface area contributed by atoms with Gasteiger partial charge in [-0.25, -0.2) is 9.78 Å². The van der Waals surface area contributed by atoms with Crippen LogP contribution in [0.5, 0.6) is 0 Å². The molecule has 0 radical (unpaired) electrons. The Morgan fingerprint density at radius 1 is 1.12 bits per heavy atom. The molecular formula is C18H16N2O3S2. The Balaban J connectivity index is 1.66. The number of carbonyl (C=O) groups is 2. The number of hydrogen-bond donors (Lipinski definition) is 1. The topological polar surface area (TPSA) is 68.3 Å². The molecule has 0 spiro atoms. The fraction of sp³-hybridized carbons (Fsp3) is 0.167. The molecule has 5 nitrogen and oxygen atoms in total. The Morgan fingerprint density at radius 2 is 1.88 bits per heavy atom. The van der Waals surface area contributed by atoms with Crippen molar-refractivity contribution in [2.75, 3.05) is 5.32 Å². The van der Waals surface area contributed by atoms with E-state index < -0.39 is 0 Å². The zero-order valence-corrected chi connectivity index (χ0v) is 15.3. The lowest BCUT2D eigenvalue weighted by molar-refractivity contribution is 0.0378. The lowest BCUT2D eigenvalue weighted by Gasteiger charge is -2.08. The average Bonchev–Trinajstić information content (AvgIpc) is 3.26. The van der Waals surface area contributed by atoms with Crippen LogP contribution in [-0.4, -0.2) is 23.0 Å². The molecule has 7 heteroatoms. The van der Waals surface area contributed by atoms with Crippen molar-refractivity contribution in [3.8, 4) is 10.6 Å². The summed E-state index contributed by atoms with van der Waals surface area (Å²) in [5.41, 5.74) is 2.42. The van der Waals surface area contributed by atoms with Gasteiger partial charge in [-0.1, -0.05) is 0 Å². The number of benzene rings is 1. The van der Waals surface area contributed by atoms with Crippen molar-refractivity contribution < 1.29 is 14.3 Å². The number of rotatable bonds is 5. The summed E-state index contributed by atoms with van der Waals surface area (Å²) in [6.07, 6.45) is -0.172. The minimum atomic E-state index is -0.382. The molecular weight excluding hydrogens is 356 g/mol. The van der Waals surface area contributed by atoms with E-state index in [1.54, 1.807) is 54.8 Å². The van der Waals surface area contributed by atoms with Gasteiger partial charge in [0.15, 0.2) is 0 Å². The van der Waals surface area contributed by atoms with E-state index in [4.69, 9.17) is 4.74 Å². The van der Waals surface area contributed by atoms with Crippen molar-refractivity contribution in [2.45, 2.75) is 20.0 Å². The van der Waals surface area contributed by atoms with Crippen molar-refractivity contribution in [1.82, 2.24) is 4.98 Å². The number of carbonyl (C=O) groups excluding carboxylic acids is 2. The zero-order valence-electron chi connectivity index (χ0n) is 13.7. The highest BCUT2D eigenvalue weighted by atomic mass is 32.1. The first-order valence-corrected chi connectivity index (χ1v) is 9.45. The highest BCUT2D eigenvalue weighted by molar-refractivity contribution is 7.14. The van der Waals surface area contributed by atoms with Gasteiger partial charge in [0, 0.05) is 22.0 Å². The smallest absolute Gasteiger partial charge is 0.338 e. The van der Waals surface area contributed by atoms with Gasteiger partial charge in [-0.15, -0.1) is 11.3 Å². The number of thiazole rings is 1. The minimum absolute atomic E-state index is 0.172. The van der Waals surface area contributed by atoms with Crippen molar-refractivity contribution in [1.29, 1.82) is 0 Å². The molecule has 2 heterocycles. The number of ether oxygens (including phenoxy) is 1. The van der Waals surface area contributed by atoms with E-state index in [0.717, 1.165) is 10.6 Å². The summed E-state index contributed by atoms with van der Waals surface area (Å²) in [5, 5.41) is 9.30. The number of hydrogen-bond acceptors (Lipinski definition) is 6. The van der Waals surface area contributed by atoms with Crippen LogP contribution in [0.25, 0.3) is 10.6 Å². The summed E-state index contributed by atoms with van der Waals surface area (Å²) in [5.74, 6) is -0.664. The standard InChI is InChI=1S/C18H16N2O3S2/c1-11(2)23-18(22)12-3-5-14(6-4-12)19-16(21)15-10-25-17(20-15)13-7-8-24-9-13/h3-11H,1-2H3,(H,19,21). The third-order valence-corrected chi connectivity index (χ3v) is 4.80. The Labute approximate surface area is 153 Å². The van der Waals surface area contributed by atoms with E-state index in [1.807, 2.05) is 16.8 Å². The Bertz CT molecular complexity index is 868. The van der Waals surface area contributed by atoms with E-state index in [2.05, 4.69) is 10.3 Å². The van der Waals surface area contributed by atoms with Gasteiger partial charge in [0.1, 0.15) is 10.7 Å². The molecule has 1 amide bonds. The van der Waals surface area contributed by atoms with Gasteiger partial charge in [0.05, 0.1) is 11.7 Å². The molecule has 0 unspecified atom stereocenters. The van der Waals surface area contributed by atoms with Crippen molar-refractivity contribution in [2.24, 2.45) is 0 Å². The van der Waals surface area contributed by atoms with Gasteiger partial charge < -0.3 is 10.1 Å². The maximum Gasteiger partial charge on any atom is 0.338 e. The molecule has 2 aromatic heterocycles. The second-order valence-electron chi connectivity index (χ2n) is 5.54. The predicted octanol–water partition coefficient (Wildman–Crippen LogP) is 4.69.